The summed E-state index contributed by atoms with van der Waals surface area (Å²) in [4.78, 5) is 24.3. The number of carbonyl (C=O) groups is 2. The number of amides is 1. The van der Waals surface area contributed by atoms with E-state index >= 15 is 0 Å². The lowest BCUT2D eigenvalue weighted by molar-refractivity contribution is -0.149. The van der Waals surface area contributed by atoms with Gasteiger partial charge in [-0.1, -0.05) is 0 Å². The van der Waals surface area contributed by atoms with E-state index in [4.69, 9.17) is 4.74 Å². The number of rotatable bonds is 1. The fourth-order valence-electron chi connectivity index (χ4n) is 1.71. The van der Waals surface area contributed by atoms with Gasteiger partial charge in [0.1, 0.15) is 17.8 Å². The first kappa shape index (κ1) is 14.7. The maximum absolute atomic E-state index is 11.9. The van der Waals surface area contributed by atoms with Crippen molar-refractivity contribution in [2.75, 3.05) is 13.7 Å². The number of nitrogens with zero attached hydrogens (tertiary/aromatic N) is 1. The number of aliphatic hydroxyl groups excluding tert-OH is 2. The average Bonchev–Trinajstić information content (AvgIpc) is 2.52. The van der Waals surface area contributed by atoms with E-state index < -0.39 is 35.9 Å². The van der Waals surface area contributed by atoms with Crippen molar-refractivity contribution in [1.29, 1.82) is 0 Å². The van der Waals surface area contributed by atoms with Crippen molar-refractivity contribution in [2.45, 2.75) is 44.6 Å². The van der Waals surface area contributed by atoms with E-state index in [2.05, 4.69) is 4.74 Å². The first-order valence-corrected chi connectivity index (χ1v) is 5.61. The van der Waals surface area contributed by atoms with E-state index in [9.17, 15) is 19.8 Å². The molecule has 1 aliphatic rings. The molecule has 7 nitrogen and oxygen atoms in total. The summed E-state index contributed by atoms with van der Waals surface area (Å²) in [5, 5.41) is 19.2. The van der Waals surface area contributed by atoms with Crippen LogP contribution in [-0.2, 0) is 14.3 Å². The Morgan fingerprint density at radius 1 is 1.28 bits per heavy atom. The lowest BCUT2D eigenvalue weighted by Crippen LogP contribution is -2.47. The van der Waals surface area contributed by atoms with E-state index in [0.717, 1.165) is 12.0 Å². The third-order valence-corrected chi connectivity index (χ3v) is 2.51. The van der Waals surface area contributed by atoms with Gasteiger partial charge in [-0.05, 0) is 20.8 Å². The maximum atomic E-state index is 11.9. The SMILES string of the molecule is COC(=O)[C@H]1[C@@H](O)[C@@H](O)CN1C(=O)OC(C)(C)C. The van der Waals surface area contributed by atoms with Crippen LogP contribution in [0.25, 0.3) is 0 Å². The van der Waals surface area contributed by atoms with Gasteiger partial charge in [-0.2, -0.15) is 0 Å². The van der Waals surface area contributed by atoms with Crippen LogP contribution in [0.15, 0.2) is 0 Å². The topological polar surface area (TPSA) is 96.3 Å². The van der Waals surface area contributed by atoms with Gasteiger partial charge in [0.25, 0.3) is 0 Å². The van der Waals surface area contributed by atoms with Crippen molar-refractivity contribution in [3.63, 3.8) is 0 Å². The van der Waals surface area contributed by atoms with Crippen LogP contribution in [0.4, 0.5) is 4.79 Å². The number of hydrogen-bond acceptors (Lipinski definition) is 6. The molecule has 0 aromatic heterocycles. The quantitative estimate of drug-likeness (QED) is 0.618. The number of β-amino-alcohol motifs (C(OH)–C–C–N with tert-alkyl or cyclic N) is 1. The van der Waals surface area contributed by atoms with Crippen LogP contribution in [0, 0.1) is 0 Å². The zero-order chi connectivity index (χ0) is 14.1. The Morgan fingerprint density at radius 3 is 2.28 bits per heavy atom. The second-order valence-electron chi connectivity index (χ2n) is 5.16. The van der Waals surface area contributed by atoms with Crippen LogP contribution in [0.1, 0.15) is 20.8 Å². The molecule has 1 amide bonds. The molecule has 7 heteroatoms. The van der Waals surface area contributed by atoms with Crippen LogP contribution in [0.3, 0.4) is 0 Å². The summed E-state index contributed by atoms with van der Waals surface area (Å²) in [6, 6.07) is -1.24. The minimum Gasteiger partial charge on any atom is -0.467 e. The van der Waals surface area contributed by atoms with Crippen LogP contribution in [0.2, 0.25) is 0 Å². The van der Waals surface area contributed by atoms with Crippen molar-refractivity contribution >= 4 is 12.1 Å². The minimum atomic E-state index is -1.37. The Bertz CT molecular complexity index is 337. The van der Waals surface area contributed by atoms with Gasteiger partial charge in [0.15, 0.2) is 6.04 Å². The van der Waals surface area contributed by atoms with E-state index in [1.807, 2.05) is 0 Å². The van der Waals surface area contributed by atoms with Gasteiger partial charge in [0.05, 0.1) is 13.7 Å². The van der Waals surface area contributed by atoms with Crippen LogP contribution < -0.4 is 0 Å². The van der Waals surface area contributed by atoms with Crippen molar-refractivity contribution in [1.82, 2.24) is 4.90 Å². The van der Waals surface area contributed by atoms with Gasteiger partial charge in [-0.15, -0.1) is 0 Å². The Hall–Kier alpha value is -1.34. The summed E-state index contributed by atoms with van der Waals surface area (Å²) in [6.07, 6.45) is -3.33. The van der Waals surface area contributed by atoms with Crippen LogP contribution >= 0.6 is 0 Å². The van der Waals surface area contributed by atoms with E-state index in [0.29, 0.717) is 0 Å². The van der Waals surface area contributed by atoms with Crippen LogP contribution in [0.5, 0.6) is 0 Å². The number of methoxy groups -OCH3 is 1. The molecule has 1 rings (SSSR count). The third kappa shape index (κ3) is 3.11. The highest BCUT2D eigenvalue weighted by Crippen LogP contribution is 2.22. The largest absolute Gasteiger partial charge is 0.467 e. The van der Waals surface area contributed by atoms with Gasteiger partial charge in [-0.25, -0.2) is 9.59 Å². The summed E-state index contributed by atoms with van der Waals surface area (Å²) < 4.78 is 9.60. The van der Waals surface area contributed by atoms with E-state index in [1.54, 1.807) is 20.8 Å². The number of esters is 1. The number of aliphatic hydroxyl groups is 2. The third-order valence-electron chi connectivity index (χ3n) is 2.51. The summed E-state index contributed by atoms with van der Waals surface area (Å²) in [6.45, 7) is 4.87. The zero-order valence-corrected chi connectivity index (χ0v) is 10.9. The highest BCUT2D eigenvalue weighted by molar-refractivity contribution is 5.83. The minimum absolute atomic E-state index is 0.171. The number of ether oxygens (including phenoxy) is 2. The number of hydrogen-bond donors (Lipinski definition) is 2. The molecule has 0 spiro atoms. The molecule has 0 radical (unpaired) electrons. The van der Waals surface area contributed by atoms with Crippen molar-refractivity contribution in [3.05, 3.63) is 0 Å². The van der Waals surface area contributed by atoms with E-state index in [1.165, 1.54) is 0 Å². The summed E-state index contributed by atoms with van der Waals surface area (Å²) in [5.41, 5.74) is -0.726. The summed E-state index contributed by atoms with van der Waals surface area (Å²) >= 11 is 0. The highest BCUT2D eigenvalue weighted by Gasteiger charge is 2.48. The molecule has 0 saturated carbocycles. The van der Waals surface area contributed by atoms with Gasteiger partial charge in [0.2, 0.25) is 0 Å². The standard InChI is InChI=1S/C11H19NO6/c1-11(2,3)18-10(16)12-5-6(13)8(14)7(12)9(15)17-4/h6-8,13-14H,5H2,1-4H3/t6-,7+,8-/m0/s1. The number of likely N-dealkylation sites (tertiary alicyclic amines) is 1. The zero-order valence-electron chi connectivity index (χ0n) is 10.9. The molecule has 0 aromatic rings. The van der Waals surface area contributed by atoms with Crippen molar-refractivity contribution in [3.8, 4) is 0 Å². The predicted molar refractivity (Wildman–Crippen MR) is 60.8 cm³/mol. The summed E-state index contributed by atoms with van der Waals surface area (Å²) in [7, 11) is 1.15. The molecule has 1 aliphatic heterocycles. The molecule has 0 aromatic carbocycles. The summed E-state index contributed by atoms with van der Waals surface area (Å²) in [5.74, 6) is -0.787. The predicted octanol–water partition coefficient (Wildman–Crippen LogP) is -0.500. The molecule has 3 atom stereocenters. The van der Waals surface area contributed by atoms with Crippen LogP contribution in [-0.4, -0.2) is 64.7 Å². The molecule has 104 valence electrons. The lowest BCUT2D eigenvalue weighted by atomic mass is 10.1. The van der Waals surface area contributed by atoms with Gasteiger partial charge < -0.3 is 19.7 Å². The molecule has 0 aliphatic carbocycles. The smallest absolute Gasteiger partial charge is 0.411 e. The first-order chi connectivity index (χ1) is 8.17. The second kappa shape index (κ2) is 5.11. The normalized spacial score (nSPS) is 28.1. The average molecular weight is 261 g/mol. The molecule has 18 heavy (non-hydrogen) atoms. The molecular formula is C11H19NO6. The second-order valence-corrected chi connectivity index (χ2v) is 5.16. The van der Waals surface area contributed by atoms with Gasteiger partial charge in [-0.3, -0.25) is 4.90 Å². The van der Waals surface area contributed by atoms with Crippen molar-refractivity contribution < 1.29 is 29.3 Å². The highest BCUT2D eigenvalue weighted by atomic mass is 16.6. The molecule has 1 fully saturated rings. The van der Waals surface area contributed by atoms with Crippen molar-refractivity contribution in [2.24, 2.45) is 0 Å². The fourth-order valence-corrected chi connectivity index (χ4v) is 1.71. The molecule has 2 N–H and O–H groups in total. The first-order valence-electron chi connectivity index (χ1n) is 5.61. The molecule has 1 saturated heterocycles. The molecule has 0 unspecified atom stereocenters. The number of carbonyl (C=O) groups excluding carboxylic acids is 2. The molecular weight excluding hydrogens is 242 g/mol. The van der Waals surface area contributed by atoms with Gasteiger partial charge >= 0.3 is 12.1 Å². The monoisotopic (exact) mass is 261 g/mol. The fraction of sp³-hybridized carbons (Fsp3) is 0.818. The Kier molecular flexibility index (Phi) is 4.18. The maximum Gasteiger partial charge on any atom is 0.411 e. The Labute approximate surface area is 105 Å². The van der Waals surface area contributed by atoms with Gasteiger partial charge in [0, 0.05) is 0 Å². The lowest BCUT2D eigenvalue weighted by Gasteiger charge is -2.27. The Morgan fingerprint density at radius 2 is 1.83 bits per heavy atom. The molecule has 1 heterocycles. The van der Waals surface area contributed by atoms with E-state index in [-0.39, 0.29) is 6.54 Å². The Balaban J connectivity index is 2.86. The molecule has 0 bridgehead atoms.